The first-order chi connectivity index (χ1) is 9.97. The maximum absolute atomic E-state index is 12.2. The summed E-state index contributed by atoms with van der Waals surface area (Å²) in [6, 6.07) is 8.90. The Kier molecular flexibility index (Phi) is 5.09. The lowest BCUT2D eigenvalue weighted by atomic mass is 10.3. The largest absolute Gasteiger partial charge is 0.492 e. The lowest BCUT2D eigenvalue weighted by Crippen LogP contribution is -2.30. The summed E-state index contributed by atoms with van der Waals surface area (Å²) in [6.07, 6.45) is 0. The molecule has 1 aromatic heterocycles. The van der Waals surface area contributed by atoms with E-state index in [9.17, 15) is 4.79 Å². The summed E-state index contributed by atoms with van der Waals surface area (Å²) in [7, 11) is 1.74. The first kappa shape index (κ1) is 15.7. The van der Waals surface area contributed by atoms with E-state index in [4.69, 9.17) is 22.1 Å². The van der Waals surface area contributed by atoms with Crippen LogP contribution in [0.5, 0.6) is 5.75 Å². The van der Waals surface area contributed by atoms with Crippen molar-refractivity contribution in [3.8, 4) is 5.75 Å². The Morgan fingerprint density at radius 1 is 1.43 bits per heavy atom. The second kappa shape index (κ2) is 6.83. The molecule has 0 aliphatic carbocycles. The number of hydrogen-bond donors (Lipinski definition) is 1. The van der Waals surface area contributed by atoms with Gasteiger partial charge in [0, 0.05) is 22.6 Å². The van der Waals surface area contributed by atoms with Crippen molar-refractivity contribution in [2.45, 2.75) is 6.92 Å². The Hall–Kier alpha value is -1.72. The van der Waals surface area contributed by atoms with E-state index < -0.39 is 0 Å². The van der Waals surface area contributed by atoms with Crippen LogP contribution in [0.1, 0.15) is 14.5 Å². The molecule has 0 atom stereocenters. The van der Waals surface area contributed by atoms with Gasteiger partial charge in [-0.05, 0) is 31.2 Å². The standard InChI is InChI=1S/C15H17ClN2O2S/c1-10-13(17)9-14(21-10)15(19)18(2)6-7-20-12-5-3-4-11(16)8-12/h3-5,8-9H,6-7,17H2,1-2H3. The Labute approximate surface area is 133 Å². The minimum Gasteiger partial charge on any atom is -0.492 e. The highest BCUT2D eigenvalue weighted by Crippen LogP contribution is 2.24. The molecule has 1 aromatic carbocycles. The smallest absolute Gasteiger partial charge is 0.263 e. The molecule has 0 fully saturated rings. The van der Waals surface area contributed by atoms with Crippen molar-refractivity contribution in [1.29, 1.82) is 0 Å². The molecule has 2 aromatic rings. The van der Waals surface area contributed by atoms with E-state index >= 15 is 0 Å². The maximum Gasteiger partial charge on any atom is 0.263 e. The molecular weight excluding hydrogens is 308 g/mol. The fourth-order valence-electron chi connectivity index (χ4n) is 1.75. The Morgan fingerprint density at radius 2 is 2.19 bits per heavy atom. The molecule has 112 valence electrons. The van der Waals surface area contributed by atoms with E-state index in [0.29, 0.717) is 34.5 Å². The first-order valence-corrected chi connectivity index (χ1v) is 7.66. The summed E-state index contributed by atoms with van der Waals surface area (Å²) < 4.78 is 5.57. The SMILES string of the molecule is Cc1sc(C(=O)N(C)CCOc2cccc(Cl)c2)cc1N. The molecule has 2 N–H and O–H groups in total. The first-order valence-electron chi connectivity index (χ1n) is 6.47. The average molecular weight is 325 g/mol. The van der Waals surface area contributed by atoms with Crippen molar-refractivity contribution in [3.63, 3.8) is 0 Å². The summed E-state index contributed by atoms with van der Waals surface area (Å²) in [5, 5.41) is 0.626. The van der Waals surface area contributed by atoms with Crippen molar-refractivity contribution >= 4 is 34.5 Å². The zero-order valence-corrected chi connectivity index (χ0v) is 13.5. The number of rotatable bonds is 5. The van der Waals surface area contributed by atoms with Gasteiger partial charge in [0.05, 0.1) is 11.4 Å². The third-order valence-corrected chi connectivity index (χ3v) is 4.29. The van der Waals surface area contributed by atoms with Gasteiger partial charge in [-0.2, -0.15) is 0 Å². The molecule has 0 spiro atoms. The number of amides is 1. The number of nitrogens with two attached hydrogens (primary N) is 1. The van der Waals surface area contributed by atoms with Crippen molar-refractivity contribution in [3.05, 3.63) is 45.1 Å². The second-order valence-electron chi connectivity index (χ2n) is 4.65. The molecule has 0 aliphatic heterocycles. The van der Waals surface area contributed by atoms with Gasteiger partial charge in [0.1, 0.15) is 12.4 Å². The zero-order chi connectivity index (χ0) is 15.4. The van der Waals surface area contributed by atoms with Crippen molar-refractivity contribution < 1.29 is 9.53 Å². The highest BCUT2D eigenvalue weighted by Gasteiger charge is 2.15. The number of aryl methyl sites for hydroxylation is 1. The van der Waals surface area contributed by atoms with Crippen LogP contribution in [-0.4, -0.2) is 31.0 Å². The van der Waals surface area contributed by atoms with Crippen molar-refractivity contribution in [2.75, 3.05) is 25.9 Å². The second-order valence-corrected chi connectivity index (χ2v) is 6.35. The fourth-order valence-corrected chi connectivity index (χ4v) is 2.86. The van der Waals surface area contributed by atoms with Crippen LogP contribution < -0.4 is 10.5 Å². The lowest BCUT2D eigenvalue weighted by Gasteiger charge is -2.16. The van der Waals surface area contributed by atoms with Crippen LogP contribution in [0.4, 0.5) is 5.69 Å². The van der Waals surface area contributed by atoms with Crippen molar-refractivity contribution in [2.24, 2.45) is 0 Å². The van der Waals surface area contributed by atoms with Gasteiger partial charge in [0.15, 0.2) is 0 Å². The lowest BCUT2D eigenvalue weighted by molar-refractivity contribution is 0.0778. The van der Waals surface area contributed by atoms with Gasteiger partial charge in [0.2, 0.25) is 0 Å². The van der Waals surface area contributed by atoms with Crippen LogP contribution >= 0.6 is 22.9 Å². The number of halogens is 1. The number of anilines is 1. The maximum atomic E-state index is 12.2. The van der Waals surface area contributed by atoms with Gasteiger partial charge in [0.25, 0.3) is 5.91 Å². The summed E-state index contributed by atoms with van der Waals surface area (Å²) in [5.74, 6) is 0.647. The van der Waals surface area contributed by atoms with Crippen LogP contribution in [0.2, 0.25) is 5.02 Å². The number of nitrogens with zero attached hydrogens (tertiary/aromatic N) is 1. The number of likely N-dealkylation sites (N-methyl/N-ethyl adjacent to an activating group) is 1. The molecular formula is C15H17ClN2O2S. The number of carbonyl (C=O) groups is 1. The molecule has 0 saturated heterocycles. The van der Waals surface area contributed by atoms with Gasteiger partial charge in [-0.25, -0.2) is 0 Å². The van der Waals surface area contributed by atoms with Gasteiger partial charge in [-0.15, -0.1) is 11.3 Å². The number of nitrogen functional groups attached to an aromatic ring is 1. The average Bonchev–Trinajstić information content (AvgIpc) is 2.78. The van der Waals surface area contributed by atoms with Crippen LogP contribution in [0, 0.1) is 6.92 Å². The molecule has 0 radical (unpaired) electrons. The summed E-state index contributed by atoms with van der Waals surface area (Å²) >= 11 is 7.29. The zero-order valence-electron chi connectivity index (χ0n) is 11.9. The predicted molar refractivity (Wildman–Crippen MR) is 87.4 cm³/mol. The Balaban J connectivity index is 1.87. The van der Waals surface area contributed by atoms with E-state index in [1.807, 2.05) is 19.1 Å². The number of carbonyl (C=O) groups excluding carboxylic acids is 1. The van der Waals surface area contributed by atoms with Gasteiger partial charge < -0.3 is 15.4 Å². The van der Waals surface area contributed by atoms with Crippen LogP contribution in [0.3, 0.4) is 0 Å². The summed E-state index contributed by atoms with van der Waals surface area (Å²) in [5.41, 5.74) is 6.43. The summed E-state index contributed by atoms with van der Waals surface area (Å²) in [6.45, 7) is 2.80. The van der Waals surface area contributed by atoms with E-state index in [0.717, 1.165) is 4.88 Å². The highest BCUT2D eigenvalue weighted by molar-refractivity contribution is 7.14. The molecule has 0 saturated carbocycles. The van der Waals surface area contributed by atoms with E-state index in [1.165, 1.54) is 11.3 Å². The fraction of sp³-hybridized carbons (Fsp3) is 0.267. The monoisotopic (exact) mass is 324 g/mol. The van der Waals surface area contributed by atoms with Gasteiger partial charge in [-0.1, -0.05) is 17.7 Å². The molecule has 21 heavy (non-hydrogen) atoms. The minimum atomic E-state index is -0.0468. The van der Waals surface area contributed by atoms with E-state index in [2.05, 4.69) is 0 Å². The minimum absolute atomic E-state index is 0.0468. The molecule has 0 bridgehead atoms. The molecule has 2 rings (SSSR count). The van der Waals surface area contributed by atoms with E-state index in [-0.39, 0.29) is 5.91 Å². The number of hydrogen-bond acceptors (Lipinski definition) is 4. The summed E-state index contributed by atoms with van der Waals surface area (Å²) in [4.78, 5) is 15.4. The van der Waals surface area contributed by atoms with Crippen LogP contribution in [0.15, 0.2) is 30.3 Å². The van der Waals surface area contributed by atoms with Gasteiger partial charge in [-0.3, -0.25) is 4.79 Å². The third-order valence-electron chi connectivity index (χ3n) is 3.01. The normalized spacial score (nSPS) is 10.4. The topological polar surface area (TPSA) is 55.6 Å². The Morgan fingerprint density at radius 3 is 2.81 bits per heavy atom. The third kappa shape index (κ3) is 4.12. The number of benzene rings is 1. The number of ether oxygens (including phenoxy) is 1. The van der Waals surface area contributed by atoms with E-state index in [1.54, 1.807) is 30.1 Å². The predicted octanol–water partition coefficient (Wildman–Crippen LogP) is 3.44. The van der Waals surface area contributed by atoms with Gasteiger partial charge >= 0.3 is 0 Å². The molecule has 6 heteroatoms. The highest BCUT2D eigenvalue weighted by atomic mass is 35.5. The number of thiophene rings is 1. The quantitative estimate of drug-likeness (QED) is 0.916. The molecule has 0 unspecified atom stereocenters. The van der Waals surface area contributed by atoms with Crippen molar-refractivity contribution in [1.82, 2.24) is 4.90 Å². The van der Waals surface area contributed by atoms with Crippen LogP contribution in [-0.2, 0) is 0 Å². The molecule has 0 aliphatic rings. The molecule has 1 amide bonds. The molecule has 1 heterocycles. The van der Waals surface area contributed by atoms with Crippen LogP contribution in [0.25, 0.3) is 0 Å². The molecule has 4 nitrogen and oxygen atoms in total. The Bertz CT molecular complexity index is 623.